The van der Waals surface area contributed by atoms with E-state index >= 15 is 0 Å². The smallest absolute Gasteiger partial charge is 0.243 e. The topological polar surface area (TPSA) is 75.7 Å². The highest BCUT2D eigenvalue weighted by molar-refractivity contribution is 7.89. The minimum atomic E-state index is -3.71. The quantitative estimate of drug-likeness (QED) is 0.873. The van der Waals surface area contributed by atoms with Gasteiger partial charge in [0.05, 0.1) is 12.0 Å². The largest absolute Gasteiger partial charge is 0.497 e. The molecule has 1 atom stereocenters. The first kappa shape index (κ1) is 18.4. The molecule has 1 N–H and O–H groups in total. The van der Waals surface area contributed by atoms with E-state index in [1.54, 1.807) is 61.7 Å². The third-order valence-electron chi connectivity index (χ3n) is 4.44. The second kappa shape index (κ2) is 7.88. The first-order valence-corrected chi connectivity index (χ1v) is 9.98. The van der Waals surface area contributed by atoms with E-state index in [9.17, 15) is 13.2 Å². The molecule has 0 aliphatic carbocycles. The number of hydrogen-bond acceptors (Lipinski definition) is 4. The van der Waals surface area contributed by atoms with Crippen molar-refractivity contribution in [2.24, 2.45) is 0 Å². The summed E-state index contributed by atoms with van der Waals surface area (Å²) in [4.78, 5) is 13.0. The molecule has 0 unspecified atom stereocenters. The van der Waals surface area contributed by atoms with Gasteiger partial charge in [-0.1, -0.05) is 30.7 Å². The zero-order valence-corrected chi connectivity index (χ0v) is 15.4. The molecule has 2 aromatic rings. The summed E-state index contributed by atoms with van der Waals surface area (Å²) < 4.78 is 32.4. The van der Waals surface area contributed by atoms with Crippen molar-refractivity contribution < 1.29 is 17.9 Å². The lowest BCUT2D eigenvalue weighted by atomic mass is 10.0. The van der Waals surface area contributed by atoms with Gasteiger partial charge in [-0.3, -0.25) is 4.79 Å². The number of benzene rings is 2. The first-order chi connectivity index (χ1) is 12.5. The minimum absolute atomic E-state index is 0.209. The average molecular weight is 374 g/mol. The highest BCUT2D eigenvalue weighted by Crippen LogP contribution is 2.26. The fourth-order valence-electron chi connectivity index (χ4n) is 3.11. The van der Waals surface area contributed by atoms with Crippen molar-refractivity contribution in [3.63, 3.8) is 0 Å². The summed E-state index contributed by atoms with van der Waals surface area (Å²) in [6.45, 7) is 0.341. The molecule has 138 valence electrons. The number of carbonyl (C=O) groups is 1. The maximum atomic E-state index is 13.0. The van der Waals surface area contributed by atoms with E-state index in [-0.39, 0.29) is 10.8 Å². The van der Waals surface area contributed by atoms with Gasteiger partial charge < -0.3 is 10.1 Å². The van der Waals surface area contributed by atoms with Crippen LogP contribution in [-0.4, -0.2) is 38.3 Å². The second-order valence-corrected chi connectivity index (χ2v) is 8.05. The third kappa shape index (κ3) is 3.89. The number of sulfonamides is 1. The molecule has 3 rings (SSSR count). The highest BCUT2D eigenvalue weighted by Gasteiger charge is 2.37. The summed E-state index contributed by atoms with van der Waals surface area (Å²) in [6, 6.07) is 14.5. The summed E-state index contributed by atoms with van der Waals surface area (Å²) in [5.74, 6) is 0.303. The molecular formula is C19H22N2O4S. The normalized spacial score (nSPS) is 18.3. The van der Waals surface area contributed by atoms with E-state index in [2.05, 4.69) is 5.32 Å². The highest BCUT2D eigenvalue weighted by atomic mass is 32.2. The van der Waals surface area contributed by atoms with Crippen molar-refractivity contribution in [2.45, 2.75) is 30.2 Å². The Morgan fingerprint density at radius 2 is 1.88 bits per heavy atom. The van der Waals surface area contributed by atoms with E-state index in [1.165, 1.54) is 4.31 Å². The molecule has 0 saturated carbocycles. The number of nitrogens with zero attached hydrogens (tertiary/aromatic N) is 1. The molecule has 7 heteroatoms. The van der Waals surface area contributed by atoms with Crippen LogP contribution < -0.4 is 10.1 Å². The van der Waals surface area contributed by atoms with E-state index < -0.39 is 16.1 Å². The molecule has 0 spiro atoms. The number of rotatable bonds is 5. The van der Waals surface area contributed by atoms with Crippen molar-refractivity contribution in [1.82, 2.24) is 4.31 Å². The van der Waals surface area contributed by atoms with Crippen molar-refractivity contribution >= 4 is 21.6 Å². The van der Waals surface area contributed by atoms with Crippen LogP contribution in [0.2, 0.25) is 0 Å². The van der Waals surface area contributed by atoms with E-state index in [0.717, 1.165) is 12.8 Å². The maximum absolute atomic E-state index is 13.0. The number of hydrogen-bond donors (Lipinski definition) is 1. The van der Waals surface area contributed by atoms with Crippen molar-refractivity contribution in [2.75, 3.05) is 19.0 Å². The van der Waals surface area contributed by atoms with Gasteiger partial charge in [0.2, 0.25) is 15.9 Å². The van der Waals surface area contributed by atoms with Gasteiger partial charge in [-0.2, -0.15) is 4.31 Å². The monoisotopic (exact) mass is 374 g/mol. The summed E-state index contributed by atoms with van der Waals surface area (Å²) in [7, 11) is -2.16. The maximum Gasteiger partial charge on any atom is 0.243 e. The van der Waals surface area contributed by atoms with Crippen LogP contribution in [-0.2, 0) is 14.8 Å². The Hall–Kier alpha value is -2.38. The molecule has 1 amide bonds. The van der Waals surface area contributed by atoms with Gasteiger partial charge in [0.25, 0.3) is 0 Å². The molecular weight excluding hydrogens is 352 g/mol. The van der Waals surface area contributed by atoms with Crippen LogP contribution in [0.3, 0.4) is 0 Å². The van der Waals surface area contributed by atoms with Crippen molar-refractivity contribution in [1.29, 1.82) is 0 Å². The van der Waals surface area contributed by atoms with Crippen LogP contribution in [0, 0.1) is 0 Å². The predicted molar refractivity (Wildman–Crippen MR) is 99.6 cm³/mol. The van der Waals surface area contributed by atoms with Gasteiger partial charge in [0.1, 0.15) is 11.8 Å². The molecule has 1 aliphatic heterocycles. The van der Waals surface area contributed by atoms with Gasteiger partial charge in [0, 0.05) is 18.3 Å². The van der Waals surface area contributed by atoms with Gasteiger partial charge >= 0.3 is 0 Å². The fourth-order valence-corrected chi connectivity index (χ4v) is 4.79. The van der Waals surface area contributed by atoms with E-state index in [4.69, 9.17) is 4.74 Å². The first-order valence-electron chi connectivity index (χ1n) is 8.54. The summed E-state index contributed by atoms with van der Waals surface area (Å²) in [5.41, 5.74) is 0.581. The van der Waals surface area contributed by atoms with Gasteiger partial charge in [-0.15, -0.1) is 0 Å². The Morgan fingerprint density at radius 3 is 2.62 bits per heavy atom. The number of nitrogens with one attached hydrogen (secondary N) is 1. The molecule has 1 aliphatic rings. The minimum Gasteiger partial charge on any atom is -0.497 e. The zero-order valence-electron chi connectivity index (χ0n) is 14.6. The van der Waals surface area contributed by atoms with Crippen LogP contribution >= 0.6 is 0 Å². The standard InChI is InChI=1S/C19H22N2O4S/c1-25-16-9-7-8-15(14-16)20-19(22)18-12-5-6-13-21(18)26(23,24)17-10-3-2-4-11-17/h2-4,7-11,14,18H,5-6,12-13H2,1H3,(H,20,22)/t18-/m1/s1. The van der Waals surface area contributed by atoms with Gasteiger partial charge in [-0.25, -0.2) is 8.42 Å². The molecule has 1 saturated heterocycles. The van der Waals surface area contributed by atoms with E-state index in [0.29, 0.717) is 24.4 Å². The fraction of sp³-hybridized carbons (Fsp3) is 0.316. The van der Waals surface area contributed by atoms with Crippen LogP contribution in [0.15, 0.2) is 59.5 Å². The third-order valence-corrected chi connectivity index (χ3v) is 6.37. The Kier molecular flexibility index (Phi) is 5.58. The lowest BCUT2D eigenvalue weighted by Crippen LogP contribution is -2.49. The molecule has 0 aromatic heterocycles. The SMILES string of the molecule is COc1cccc(NC(=O)[C@H]2CCCCN2S(=O)(=O)c2ccccc2)c1. The number of piperidine rings is 1. The Balaban J connectivity index is 1.83. The Labute approximate surface area is 153 Å². The van der Waals surface area contributed by atoms with Gasteiger partial charge in [-0.05, 0) is 37.1 Å². The van der Waals surface area contributed by atoms with Gasteiger partial charge in [0.15, 0.2) is 0 Å². The second-order valence-electron chi connectivity index (χ2n) is 6.16. The number of anilines is 1. The Bertz CT molecular complexity index is 868. The molecule has 0 radical (unpaired) electrons. The molecule has 2 aromatic carbocycles. The van der Waals surface area contributed by atoms with E-state index in [1.807, 2.05) is 0 Å². The van der Waals surface area contributed by atoms with Crippen molar-refractivity contribution in [3.05, 3.63) is 54.6 Å². The molecule has 1 fully saturated rings. The number of methoxy groups -OCH3 is 1. The summed E-state index contributed by atoms with van der Waals surface area (Å²) in [6.07, 6.45) is 2.06. The van der Waals surface area contributed by atoms with Crippen LogP contribution in [0.5, 0.6) is 5.75 Å². The molecule has 6 nitrogen and oxygen atoms in total. The summed E-state index contributed by atoms with van der Waals surface area (Å²) in [5, 5.41) is 2.81. The molecule has 0 bridgehead atoms. The number of carbonyl (C=O) groups excluding carboxylic acids is 1. The summed E-state index contributed by atoms with van der Waals surface area (Å²) >= 11 is 0. The lowest BCUT2D eigenvalue weighted by molar-refractivity contribution is -0.120. The lowest BCUT2D eigenvalue weighted by Gasteiger charge is -2.33. The van der Waals surface area contributed by atoms with Crippen LogP contribution in [0.25, 0.3) is 0 Å². The average Bonchev–Trinajstić information content (AvgIpc) is 2.68. The number of amides is 1. The molecule has 26 heavy (non-hydrogen) atoms. The van der Waals surface area contributed by atoms with Crippen molar-refractivity contribution in [3.8, 4) is 5.75 Å². The molecule has 1 heterocycles. The predicted octanol–water partition coefficient (Wildman–Crippen LogP) is 2.88. The zero-order chi connectivity index (χ0) is 18.6. The Morgan fingerprint density at radius 1 is 1.12 bits per heavy atom. The number of ether oxygens (including phenoxy) is 1. The van der Waals surface area contributed by atoms with Crippen LogP contribution in [0.1, 0.15) is 19.3 Å². The van der Waals surface area contributed by atoms with Crippen LogP contribution in [0.4, 0.5) is 5.69 Å².